The van der Waals surface area contributed by atoms with Crippen molar-refractivity contribution in [3.05, 3.63) is 29.8 Å². The first kappa shape index (κ1) is 49.5. The Bertz CT molecular complexity index is 533. The molecule has 1 aromatic carbocycles. The molecule has 0 unspecified atom stereocenters. The zero-order chi connectivity index (χ0) is 13.0. The summed E-state index contributed by atoms with van der Waals surface area (Å²) in [6.07, 6.45) is 0. The van der Waals surface area contributed by atoms with E-state index in [9.17, 15) is 8.42 Å². The molecule has 13 N–H and O–H groups in total. The van der Waals surface area contributed by atoms with Gasteiger partial charge in [-0.15, -0.1) is 0 Å². The predicted molar refractivity (Wildman–Crippen MR) is 73.2 cm³/mol. The fourth-order valence-corrected chi connectivity index (χ4v) is 1.19. The van der Waals surface area contributed by atoms with Crippen LogP contribution in [0.3, 0.4) is 0 Å². The van der Waals surface area contributed by atoms with Crippen LogP contribution in [0.2, 0.25) is 0 Å². The maximum Gasteiger partial charge on any atom is 0.394 e. The Labute approximate surface area is 154 Å². The van der Waals surface area contributed by atoms with E-state index >= 15 is 0 Å². The van der Waals surface area contributed by atoms with Gasteiger partial charge in [0.2, 0.25) is 0 Å². The number of hydrogen-bond donors (Lipinski definition) is 3. The van der Waals surface area contributed by atoms with Gasteiger partial charge < -0.3 is 27.4 Å². The number of aryl methyl sites for hydroxylation is 1. The predicted octanol–water partition coefficient (Wildman–Crippen LogP) is -3.54. The first-order valence-corrected chi connectivity index (χ1v) is 6.58. The van der Waals surface area contributed by atoms with E-state index in [4.69, 9.17) is 22.1 Å². The van der Waals surface area contributed by atoms with Crippen LogP contribution in [0.5, 0.6) is 0 Å². The standard InChI is InChI=1S/C7H8O3S.2Cu.H2O4S.5H2O/c1-6-2-4-7(5-3-6)11(8,9)10;;;1-5(2,3)4;;;;;/h2-5H,1H3,(H,8,9,10);;;(H2,1,2,3,4);5*1H2. The van der Waals surface area contributed by atoms with Crippen LogP contribution in [-0.2, 0) is 54.7 Å². The maximum absolute atomic E-state index is 10.5. The molecule has 0 saturated carbocycles. The van der Waals surface area contributed by atoms with E-state index in [1.165, 1.54) is 12.1 Å². The van der Waals surface area contributed by atoms with Crippen LogP contribution in [0.1, 0.15) is 5.56 Å². The van der Waals surface area contributed by atoms with Gasteiger partial charge in [-0.25, -0.2) is 0 Å². The zero-order valence-corrected chi connectivity index (χ0v) is 14.7. The van der Waals surface area contributed by atoms with Crippen LogP contribution in [0.15, 0.2) is 29.2 Å². The molecule has 0 heterocycles. The van der Waals surface area contributed by atoms with Gasteiger partial charge in [0.25, 0.3) is 10.1 Å². The molecule has 2 radical (unpaired) electrons. The topological polar surface area (TPSA) is 286 Å². The Kier molecular flexibility index (Phi) is 42.8. The van der Waals surface area contributed by atoms with E-state index in [0.717, 1.165) is 5.56 Å². The third-order valence-corrected chi connectivity index (χ3v) is 2.19. The third-order valence-electron chi connectivity index (χ3n) is 1.32. The molecule has 0 spiro atoms. The van der Waals surface area contributed by atoms with Crippen molar-refractivity contribution in [1.29, 1.82) is 0 Å². The molecule has 0 saturated heterocycles. The van der Waals surface area contributed by atoms with Gasteiger partial charge in [-0.05, 0) is 19.1 Å². The maximum atomic E-state index is 10.5. The summed E-state index contributed by atoms with van der Waals surface area (Å²) in [4.78, 5) is -0.0666. The van der Waals surface area contributed by atoms with E-state index in [1.807, 2.05) is 6.92 Å². The second-order valence-corrected chi connectivity index (χ2v) is 5.05. The summed E-state index contributed by atoms with van der Waals surface area (Å²) in [5, 5.41) is 0. The zero-order valence-electron chi connectivity index (χ0n) is 11.2. The van der Waals surface area contributed by atoms with Gasteiger partial charge >= 0.3 is 10.4 Å². The van der Waals surface area contributed by atoms with Crippen LogP contribution in [-0.4, -0.2) is 57.9 Å². The van der Waals surface area contributed by atoms with Crippen molar-refractivity contribution in [2.45, 2.75) is 11.8 Å². The fraction of sp³-hybridized carbons (Fsp3) is 0.143. The molecule has 12 nitrogen and oxygen atoms in total. The van der Waals surface area contributed by atoms with Crippen molar-refractivity contribution in [1.82, 2.24) is 0 Å². The number of rotatable bonds is 1. The summed E-state index contributed by atoms with van der Waals surface area (Å²) in [7, 11) is -8.69. The van der Waals surface area contributed by atoms with E-state index in [1.54, 1.807) is 12.1 Å². The largest absolute Gasteiger partial charge is 0.412 e. The Morgan fingerprint density at radius 2 is 0.913 bits per heavy atom. The fourth-order valence-electron chi connectivity index (χ4n) is 0.710. The van der Waals surface area contributed by atoms with Gasteiger partial charge in [0.1, 0.15) is 0 Å². The Balaban J connectivity index is -0.0000000285. The summed E-state index contributed by atoms with van der Waals surface area (Å²) in [6, 6.07) is 5.99. The SMILES string of the molecule is Cc1ccc(S(=O)(=O)O)cc1.O.O.O.O.O.O=S(=O)(O)O.[Cu].[Cu]. The molecular weight excluding hydrogens is 467 g/mol. The second kappa shape index (κ2) is 19.9. The Morgan fingerprint density at radius 1 is 0.696 bits per heavy atom. The molecule has 0 aliphatic heterocycles. The molecule has 0 fully saturated rings. The molecule has 0 aromatic heterocycles. The molecule has 23 heavy (non-hydrogen) atoms. The van der Waals surface area contributed by atoms with Gasteiger partial charge in [0.05, 0.1) is 4.90 Å². The molecule has 154 valence electrons. The van der Waals surface area contributed by atoms with Crippen molar-refractivity contribution >= 4 is 20.5 Å². The van der Waals surface area contributed by atoms with Crippen LogP contribution in [0.25, 0.3) is 0 Å². The van der Waals surface area contributed by atoms with Gasteiger partial charge in [-0.2, -0.15) is 16.8 Å². The van der Waals surface area contributed by atoms with E-state index in [0.29, 0.717) is 0 Å². The van der Waals surface area contributed by atoms with Crippen molar-refractivity contribution < 1.29 is 92.0 Å². The first-order valence-electron chi connectivity index (χ1n) is 3.74. The van der Waals surface area contributed by atoms with Crippen LogP contribution in [0, 0.1) is 6.92 Å². The minimum absolute atomic E-state index is 0. The van der Waals surface area contributed by atoms with Gasteiger partial charge in [-0.3, -0.25) is 13.7 Å². The molecule has 0 bridgehead atoms. The molecule has 0 atom stereocenters. The van der Waals surface area contributed by atoms with Crippen LogP contribution >= 0.6 is 0 Å². The third kappa shape index (κ3) is 34.3. The first-order chi connectivity index (χ1) is 7.00. The van der Waals surface area contributed by atoms with Gasteiger partial charge in [0, 0.05) is 34.1 Å². The normalized spacial score (nSPS) is 8.00. The smallest absolute Gasteiger partial charge is 0.394 e. The van der Waals surface area contributed by atoms with Gasteiger partial charge in [-0.1, -0.05) is 17.7 Å². The molecule has 1 rings (SSSR count). The minimum atomic E-state index is -4.67. The second-order valence-electron chi connectivity index (χ2n) is 2.74. The Morgan fingerprint density at radius 3 is 1.09 bits per heavy atom. The minimum Gasteiger partial charge on any atom is -0.412 e. The molecule has 16 heteroatoms. The number of benzene rings is 1. The van der Waals surface area contributed by atoms with Crippen molar-refractivity contribution in [3.63, 3.8) is 0 Å². The summed E-state index contributed by atoms with van der Waals surface area (Å²) >= 11 is 0. The summed E-state index contributed by atoms with van der Waals surface area (Å²) in [5.41, 5.74) is 0.956. The monoisotopic (exact) mass is 486 g/mol. The van der Waals surface area contributed by atoms with Crippen LogP contribution in [0.4, 0.5) is 0 Å². The molecule has 0 aliphatic carbocycles. The summed E-state index contributed by atoms with van der Waals surface area (Å²) in [6.45, 7) is 1.84. The van der Waals surface area contributed by atoms with Crippen molar-refractivity contribution in [2.24, 2.45) is 0 Å². The average Bonchev–Trinajstić information content (AvgIpc) is 1.99. The quantitative estimate of drug-likeness (QED) is 0.264. The molecule has 0 aliphatic rings. The summed E-state index contributed by atoms with van der Waals surface area (Å²) in [5.74, 6) is 0. The van der Waals surface area contributed by atoms with E-state index < -0.39 is 20.5 Å². The van der Waals surface area contributed by atoms with Crippen LogP contribution < -0.4 is 0 Å². The average molecular weight is 487 g/mol. The van der Waals surface area contributed by atoms with Gasteiger partial charge in [0.15, 0.2) is 0 Å². The summed E-state index contributed by atoms with van der Waals surface area (Å²) < 4.78 is 61.1. The van der Waals surface area contributed by atoms with E-state index in [2.05, 4.69) is 0 Å². The van der Waals surface area contributed by atoms with Crippen molar-refractivity contribution in [2.75, 3.05) is 0 Å². The Hall–Kier alpha value is -0.161. The van der Waals surface area contributed by atoms with Crippen molar-refractivity contribution in [3.8, 4) is 0 Å². The van der Waals surface area contributed by atoms with E-state index in [-0.39, 0.29) is 66.4 Å². The molecular formula is C7H20Cu2O12S2. The molecule has 0 amide bonds. The number of hydrogen-bond acceptors (Lipinski definition) is 4. The molecule has 1 aromatic rings.